The molecular formula is C20H27N3O3. The first-order valence-corrected chi connectivity index (χ1v) is 8.94. The molecule has 1 aromatic carbocycles. The van der Waals surface area contributed by atoms with Gasteiger partial charge in [0.15, 0.2) is 5.58 Å². The van der Waals surface area contributed by atoms with Crippen LogP contribution < -0.4 is 5.32 Å². The summed E-state index contributed by atoms with van der Waals surface area (Å²) in [5.74, 6) is -0.0659. The number of rotatable bonds is 3. The van der Waals surface area contributed by atoms with E-state index < -0.39 is 5.54 Å². The van der Waals surface area contributed by atoms with Crippen LogP contribution in [0.3, 0.4) is 0 Å². The molecule has 2 heterocycles. The molecule has 0 bridgehead atoms. The molecule has 0 radical (unpaired) electrons. The molecule has 1 aromatic heterocycles. The minimum Gasteiger partial charge on any atom is -0.439 e. The van der Waals surface area contributed by atoms with Crippen LogP contribution in [0, 0.1) is 5.92 Å². The van der Waals surface area contributed by atoms with E-state index in [1.165, 1.54) is 5.56 Å². The molecule has 26 heavy (non-hydrogen) atoms. The van der Waals surface area contributed by atoms with Gasteiger partial charge in [0, 0.05) is 19.0 Å². The molecule has 2 amide bonds. The van der Waals surface area contributed by atoms with Gasteiger partial charge in [0.05, 0.1) is 12.5 Å². The van der Waals surface area contributed by atoms with Crippen LogP contribution in [0.25, 0.3) is 11.1 Å². The summed E-state index contributed by atoms with van der Waals surface area (Å²) in [5.41, 5.74) is 2.22. The smallest absolute Gasteiger partial charge is 0.226 e. The first kappa shape index (κ1) is 18.4. The molecule has 1 aliphatic heterocycles. The lowest BCUT2D eigenvalue weighted by molar-refractivity contribution is -0.128. The molecule has 2 aromatic rings. The average Bonchev–Trinajstić information content (AvgIpc) is 3.05. The third kappa shape index (κ3) is 3.20. The fourth-order valence-electron chi connectivity index (χ4n) is 3.33. The quantitative estimate of drug-likeness (QED) is 0.916. The Kier molecular flexibility index (Phi) is 4.33. The number of aromatic nitrogens is 1. The fourth-order valence-corrected chi connectivity index (χ4v) is 3.33. The Hall–Kier alpha value is -2.37. The van der Waals surface area contributed by atoms with E-state index >= 15 is 0 Å². The highest BCUT2D eigenvalue weighted by Gasteiger charge is 2.47. The summed E-state index contributed by atoms with van der Waals surface area (Å²) in [6.45, 7) is 10.5. The largest absolute Gasteiger partial charge is 0.439 e. The van der Waals surface area contributed by atoms with Crippen molar-refractivity contribution in [1.82, 2.24) is 15.2 Å². The first-order chi connectivity index (χ1) is 12.0. The van der Waals surface area contributed by atoms with E-state index in [4.69, 9.17) is 4.42 Å². The Balaban J connectivity index is 1.72. The van der Waals surface area contributed by atoms with Crippen LogP contribution in [0.15, 0.2) is 22.6 Å². The normalized spacial score (nSPS) is 20.0. The molecule has 1 aliphatic rings. The van der Waals surface area contributed by atoms with Crippen LogP contribution in [0.1, 0.15) is 52.5 Å². The van der Waals surface area contributed by atoms with Crippen molar-refractivity contribution in [3.8, 4) is 0 Å². The number of hydrogen-bond acceptors (Lipinski definition) is 4. The number of nitrogens with zero attached hydrogens (tertiary/aromatic N) is 2. The van der Waals surface area contributed by atoms with Crippen LogP contribution in [0.2, 0.25) is 0 Å². The zero-order valence-electron chi connectivity index (χ0n) is 16.3. The first-order valence-electron chi connectivity index (χ1n) is 8.94. The number of nitrogens with one attached hydrogen (secondary N) is 1. The summed E-state index contributed by atoms with van der Waals surface area (Å²) in [4.78, 5) is 30.6. The van der Waals surface area contributed by atoms with Gasteiger partial charge in [0.1, 0.15) is 5.52 Å². The van der Waals surface area contributed by atoms with E-state index in [0.29, 0.717) is 11.5 Å². The second-order valence-electron chi connectivity index (χ2n) is 8.62. The Labute approximate surface area is 153 Å². The highest BCUT2D eigenvalue weighted by Crippen LogP contribution is 2.34. The van der Waals surface area contributed by atoms with Crippen molar-refractivity contribution in [2.45, 2.75) is 58.5 Å². The molecule has 6 heteroatoms. The minimum atomic E-state index is -0.496. The fraction of sp³-hybridized carbons (Fsp3) is 0.550. The van der Waals surface area contributed by atoms with Crippen LogP contribution in [0.5, 0.6) is 0 Å². The Bertz CT molecular complexity index is 861. The summed E-state index contributed by atoms with van der Waals surface area (Å²) in [6.07, 6.45) is 0.234. The number of oxazole rings is 1. The van der Waals surface area contributed by atoms with E-state index in [2.05, 4.69) is 31.1 Å². The Morgan fingerprint density at radius 1 is 1.38 bits per heavy atom. The van der Waals surface area contributed by atoms with E-state index in [0.717, 1.165) is 5.52 Å². The van der Waals surface area contributed by atoms with E-state index in [1.54, 1.807) is 11.9 Å². The second kappa shape index (κ2) is 6.11. The maximum absolute atomic E-state index is 12.6. The van der Waals surface area contributed by atoms with Gasteiger partial charge in [0.25, 0.3) is 0 Å². The molecule has 1 fully saturated rings. The van der Waals surface area contributed by atoms with Gasteiger partial charge in [-0.15, -0.1) is 0 Å². The molecule has 1 saturated heterocycles. The van der Waals surface area contributed by atoms with Crippen molar-refractivity contribution in [3.05, 3.63) is 29.7 Å². The molecule has 0 aliphatic carbocycles. The van der Waals surface area contributed by atoms with Crippen molar-refractivity contribution in [1.29, 1.82) is 0 Å². The van der Waals surface area contributed by atoms with Gasteiger partial charge in [-0.3, -0.25) is 9.59 Å². The summed E-state index contributed by atoms with van der Waals surface area (Å²) in [7, 11) is 1.74. The van der Waals surface area contributed by atoms with E-state index in [-0.39, 0.29) is 36.1 Å². The number of carbonyl (C=O) groups excluding carboxylic acids is 2. The number of fused-ring (bicyclic) bond motifs is 1. The highest BCUT2D eigenvalue weighted by molar-refractivity contribution is 5.90. The lowest BCUT2D eigenvalue weighted by atomic mass is 9.87. The molecule has 1 N–H and O–H groups in total. The third-order valence-electron chi connectivity index (χ3n) is 5.50. The van der Waals surface area contributed by atoms with Gasteiger partial charge in [-0.25, -0.2) is 4.98 Å². The van der Waals surface area contributed by atoms with Crippen LogP contribution in [-0.2, 0) is 21.5 Å². The summed E-state index contributed by atoms with van der Waals surface area (Å²) >= 11 is 0. The monoisotopic (exact) mass is 357 g/mol. The number of benzene rings is 1. The molecule has 0 spiro atoms. The van der Waals surface area contributed by atoms with E-state index in [1.807, 2.05) is 32.0 Å². The average molecular weight is 357 g/mol. The van der Waals surface area contributed by atoms with Gasteiger partial charge in [-0.05, 0) is 37.0 Å². The van der Waals surface area contributed by atoms with Gasteiger partial charge in [-0.2, -0.15) is 0 Å². The molecular weight excluding hydrogens is 330 g/mol. The van der Waals surface area contributed by atoms with E-state index in [9.17, 15) is 9.59 Å². The van der Waals surface area contributed by atoms with Crippen molar-refractivity contribution >= 4 is 22.9 Å². The minimum absolute atomic E-state index is 0.00767. The molecule has 140 valence electrons. The predicted molar refractivity (Wildman–Crippen MR) is 99.5 cm³/mol. The van der Waals surface area contributed by atoms with Crippen molar-refractivity contribution < 1.29 is 14.0 Å². The second-order valence-corrected chi connectivity index (χ2v) is 8.62. The predicted octanol–water partition coefficient (Wildman–Crippen LogP) is 3.00. The van der Waals surface area contributed by atoms with Gasteiger partial charge < -0.3 is 14.6 Å². The van der Waals surface area contributed by atoms with Crippen molar-refractivity contribution in [3.63, 3.8) is 0 Å². The number of carbonyl (C=O) groups is 2. The Morgan fingerprint density at radius 3 is 2.65 bits per heavy atom. The zero-order valence-corrected chi connectivity index (χ0v) is 16.3. The van der Waals surface area contributed by atoms with Crippen LogP contribution >= 0.6 is 0 Å². The van der Waals surface area contributed by atoms with Crippen molar-refractivity contribution in [2.75, 3.05) is 7.05 Å². The van der Waals surface area contributed by atoms with Crippen LogP contribution in [0.4, 0.5) is 0 Å². The SMILES string of the molecule is CN1C(=O)CC(C(=O)NCc2nc3cc(C(C)(C)C)ccc3o2)C1(C)C. The molecule has 3 rings (SSSR count). The number of hydrogen-bond donors (Lipinski definition) is 1. The number of likely N-dealkylation sites (tertiary alicyclic amines) is 1. The van der Waals surface area contributed by atoms with Gasteiger partial charge in [0.2, 0.25) is 17.7 Å². The van der Waals surface area contributed by atoms with Gasteiger partial charge >= 0.3 is 0 Å². The number of amides is 2. The summed E-state index contributed by atoms with van der Waals surface area (Å²) in [5, 5.41) is 2.87. The maximum atomic E-state index is 12.6. The standard InChI is InChI=1S/C20H27N3O3/c1-19(2,3)12-7-8-15-14(9-12)22-16(26-15)11-21-18(25)13-10-17(24)23(6)20(13,4)5/h7-9,13H,10-11H2,1-6H3,(H,21,25). The maximum Gasteiger partial charge on any atom is 0.226 e. The lowest BCUT2D eigenvalue weighted by Crippen LogP contribution is -2.46. The third-order valence-corrected chi connectivity index (χ3v) is 5.50. The molecule has 0 saturated carbocycles. The zero-order chi connectivity index (χ0) is 19.3. The molecule has 1 unspecified atom stereocenters. The lowest BCUT2D eigenvalue weighted by Gasteiger charge is -2.32. The molecule has 6 nitrogen and oxygen atoms in total. The topological polar surface area (TPSA) is 75.4 Å². The summed E-state index contributed by atoms with van der Waals surface area (Å²) < 4.78 is 5.74. The molecule has 1 atom stereocenters. The van der Waals surface area contributed by atoms with Crippen LogP contribution in [-0.4, -0.2) is 34.3 Å². The summed E-state index contributed by atoms with van der Waals surface area (Å²) in [6, 6.07) is 5.98. The van der Waals surface area contributed by atoms with Crippen molar-refractivity contribution in [2.24, 2.45) is 5.92 Å². The van der Waals surface area contributed by atoms with Gasteiger partial charge in [-0.1, -0.05) is 26.8 Å². The highest BCUT2D eigenvalue weighted by atomic mass is 16.3. The Morgan fingerprint density at radius 2 is 2.08 bits per heavy atom.